The zero-order valence-corrected chi connectivity index (χ0v) is 19.5. The third kappa shape index (κ3) is 5.53. The van der Waals surface area contributed by atoms with Crippen LogP contribution in [0.25, 0.3) is 6.08 Å². The number of carbonyl (C=O) groups excluding carboxylic acids is 1. The normalized spacial score (nSPS) is 21.1. The number of hydrogen-bond acceptors (Lipinski definition) is 4. The molecular weight excluding hydrogens is 433 g/mol. The quantitative estimate of drug-likeness (QED) is 0.635. The Morgan fingerprint density at radius 3 is 2.45 bits per heavy atom. The molecule has 0 radical (unpaired) electrons. The van der Waals surface area contributed by atoms with Gasteiger partial charge in [0, 0.05) is 49.0 Å². The van der Waals surface area contributed by atoms with Crippen LogP contribution in [0.3, 0.4) is 0 Å². The molecule has 4 rings (SSSR count). The minimum Gasteiger partial charge on any atom is -0.486 e. The molecule has 0 saturated carbocycles. The van der Waals surface area contributed by atoms with E-state index in [1.165, 1.54) is 0 Å². The Balaban J connectivity index is 0.00000272. The summed E-state index contributed by atoms with van der Waals surface area (Å²) >= 11 is 6.00. The molecule has 0 spiro atoms. The van der Waals surface area contributed by atoms with Crippen molar-refractivity contribution in [3.8, 4) is 0 Å². The second kappa shape index (κ2) is 10.4. The molecule has 2 fully saturated rings. The van der Waals surface area contributed by atoms with Crippen molar-refractivity contribution in [2.45, 2.75) is 19.5 Å². The number of morpholine rings is 1. The first-order valence-corrected chi connectivity index (χ1v) is 10.8. The highest BCUT2D eigenvalue weighted by atomic mass is 35.5. The summed E-state index contributed by atoms with van der Waals surface area (Å²) in [6.07, 6.45) is 1.90. The number of amides is 1. The molecule has 0 aromatic heterocycles. The van der Waals surface area contributed by atoms with Crippen LogP contribution in [0.4, 0.5) is 5.69 Å². The number of likely N-dealkylation sites (N-methyl/N-ethyl adjacent to an activating group) is 1. The molecule has 1 unspecified atom stereocenters. The van der Waals surface area contributed by atoms with Crippen molar-refractivity contribution in [3.63, 3.8) is 0 Å². The molecule has 7 heteroatoms. The number of carbonyl (C=O) groups is 1. The van der Waals surface area contributed by atoms with Crippen LogP contribution in [0.2, 0.25) is 5.02 Å². The summed E-state index contributed by atoms with van der Waals surface area (Å²) in [5.74, 6) is 0.334. The number of halogens is 2. The van der Waals surface area contributed by atoms with E-state index in [-0.39, 0.29) is 24.4 Å². The second-order valence-corrected chi connectivity index (χ2v) is 8.51. The summed E-state index contributed by atoms with van der Waals surface area (Å²) in [5.41, 5.74) is 3.22. The van der Waals surface area contributed by atoms with Crippen LogP contribution in [0, 0.1) is 0 Å². The van der Waals surface area contributed by atoms with Crippen molar-refractivity contribution in [1.82, 2.24) is 9.80 Å². The van der Waals surface area contributed by atoms with Gasteiger partial charge in [-0.05, 0) is 43.8 Å². The maximum Gasteiger partial charge on any atom is 0.289 e. The van der Waals surface area contributed by atoms with Crippen LogP contribution in [0.1, 0.15) is 18.1 Å². The summed E-state index contributed by atoms with van der Waals surface area (Å²) in [4.78, 5) is 19.8. The third-order valence-corrected chi connectivity index (χ3v) is 6.07. The van der Waals surface area contributed by atoms with E-state index < -0.39 is 0 Å². The summed E-state index contributed by atoms with van der Waals surface area (Å²) < 4.78 is 5.87. The predicted octanol–water partition coefficient (Wildman–Crippen LogP) is 4.30. The Labute approximate surface area is 195 Å². The molecule has 2 heterocycles. The SMILES string of the molecule is CC1COC(=Cc2ccccc2N2CCN(C)CC2)C(=O)N1Cc1ccc(Cl)cc1.Cl. The summed E-state index contributed by atoms with van der Waals surface area (Å²) in [6, 6.07) is 15.9. The zero-order valence-electron chi connectivity index (χ0n) is 18.0. The van der Waals surface area contributed by atoms with E-state index in [1.807, 2.05) is 54.3 Å². The highest BCUT2D eigenvalue weighted by Crippen LogP contribution is 2.27. The number of anilines is 1. The van der Waals surface area contributed by atoms with E-state index in [1.54, 1.807) is 0 Å². The molecule has 31 heavy (non-hydrogen) atoms. The molecule has 2 aliphatic heterocycles. The van der Waals surface area contributed by atoms with Gasteiger partial charge >= 0.3 is 0 Å². The first-order valence-electron chi connectivity index (χ1n) is 10.4. The van der Waals surface area contributed by atoms with Gasteiger partial charge in [0.15, 0.2) is 5.76 Å². The van der Waals surface area contributed by atoms with Gasteiger partial charge in [-0.15, -0.1) is 12.4 Å². The molecule has 0 aliphatic carbocycles. The average molecular weight is 462 g/mol. The van der Waals surface area contributed by atoms with Crippen molar-refractivity contribution in [2.75, 3.05) is 44.7 Å². The van der Waals surface area contributed by atoms with Gasteiger partial charge in [0.2, 0.25) is 0 Å². The van der Waals surface area contributed by atoms with E-state index in [0.29, 0.717) is 23.9 Å². The van der Waals surface area contributed by atoms with Crippen LogP contribution < -0.4 is 4.90 Å². The number of nitrogens with zero attached hydrogens (tertiary/aromatic N) is 3. The van der Waals surface area contributed by atoms with Gasteiger partial charge in [-0.25, -0.2) is 0 Å². The van der Waals surface area contributed by atoms with Crippen LogP contribution in [0.5, 0.6) is 0 Å². The van der Waals surface area contributed by atoms with Crippen LogP contribution in [0.15, 0.2) is 54.3 Å². The highest BCUT2D eigenvalue weighted by Gasteiger charge is 2.30. The molecule has 2 aromatic rings. The molecule has 166 valence electrons. The van der Waals surface area contributed by atoms with Crippen LogP contribution in [-0.2, 0) is 16.1 Å². The molecule has 2 aromatic carbocycles. The molecule has 5 nitrogen and oxygen atoms in total. The largest absolute Gasteiger partial charge is 0.486 e. The Morgan fingerprint density at radius 2 is 1.74 bits per heavy atom. The van der Waals surface area contributed by atoms with Crippen LogP contribution >= 0.6 is 24.0 Å². The van der Waals surface area contributed by atoms with Gasteiger partial charge in [0.25, 0.3) is 5.91 Å². The Morgan fingerprint density at radius 1 is 1.06 bits per heavy atom. The second-order valence-electron chi connectivity index (χ2n) is 8.08. The average Bonchev–Trinajstić information content (AvgIpc) is 2.75. The number of ether oxygens (including phenoxy) is 1. The van der Waals surface area contributed by atoms with E-state index in [2.05, 4.69) is 29.0 Å². The minimum atomic E-state index is -0.0723. The Hall–Kier alpha value is -2.21. The first-order chi connectivity index (χ1) is 14.5. The lowest BCUT2D eigenvalue weighted by Crippen LogP contribution is -2.46. The predicted molar refractivity (Wildman–Crippen MR) is 129 cm³/mol. The number of piperazine rings is 1. The van der Waals surface area contributed by atoms with E-state index in [4.69, 9.17) is 16.3 Å². The van der Waals surface area contributed by atoms with E-state index in [9.17, 15) is 4.79 Å². The fourth-order valence-corrected chi connectivity index (χ4v) is 4.03. The fraction of sp³-hybridized carbons (Fsp3) is 0.375. The molecule has 2 saturated heterocycles. The molecule has 1 amide bonds. The maximum absolute atomic E-state index is 13.2. The van der Waals surface area contributed by atoms with Crippen LogP contribution in [-0.4, -0.2) is 61.6 Å². The molecule has 0 N–H and O–H groups in total. The lowest BCUT2D eigenvalue weighted by molar-refractivity contribution is -0.139. The van der Waals surface area contributed by atoms with Crippen molar-refractivity contribution in [2.24, 2.45) is 0 Å². The zero-order chi connectivity index (χ0) is 21.1. The van der Waals surface area contributed by atoms with Crippen molar-refractivity contribution in [3.05, 3.63) is 70.4 Å². The number of benzene rings is 2. The van der Waals surface area contributed by atoms with E-state index in [0.717, 1.165) is 43.0 Å². The standard InChI is InChI=1S/C24H28ClN3O2.ClH/c1-18-17-30-23(24(29)28(18)16-19-7-9-21(25)10-8-19)15-20-5-3-4-6-22(20)27-13-11-26(2)12-14-27;/h3-10,15,18H,11-14,16-17H2,1-2H3;1H. The molecule has 2 aliphatic rings. The summed E-state index contributed by atoms with van der Waals surface area (Å²) in [7, 11) is 2.15. The van der Waals surface area contributed by atoms with Crippen molar-refractivity contribution in [1.29, 1.82) is 0 Å². The molecule has 1 atom stereocenters. The lowest BCUT2D eigenvalue weighted by atomic mass is 10.1. The van der Waals surface area contributed by atoms with Crippen molar-refractivity contribution >= 4 is 41.7 Å². The monoisotopic (exact) mass is 461 g/mol. The molecule has 0 bridgehead atoms. The van der Waals surface area contributed by atoms with Gasteiger partial charge in [-0.3, -0.25) is 4.79 Å². The lowest BCUT2D eigenvalue weighted by Gasteiger charge is -2.36. The number of para-hydroxylation sites is 1. The highest BCUT2D eigenvalue weighted by molar-refractivity contribution is 6.30. The Kier molecular flexibility index (Phi) is 7.87. The smallest absolute Gasteiger partial charge is 0.289 e. The van der Waals surface area contributed by atoms with Gasteiger partial charge < -0.3 is 19.4 Å². The van der Waals surface area contributed by atoms with Gasteiger partial charge in [-0.1, -0.05) is 41.9 Å². The fourth-order valence-electron chi connectivity index (χ4n) is 3.91. The summed E-state index contributed by atoms with van der Waals surface area (Å²) in [6.45, 7) is 7.07. The minimum absolute atomic E-state index is 0. The Bertz CT molecular complexity index is 925. The first kappa shape index (κ1) is 23.5. The van der Waals surface area contributed by atoms with Crippen molar-refractivity contribution < 1.29 is 9.53 Å². The van der Waals surface area contributed by atoms with Gasteiger partial charge in [0.1, 0.15) is 6.61 Å². The third-order valence-electron chi connectivity index (χ3n) is 5.82. The van der Waals surface area contributed by atoms with Gasteiger partial charge in [-0.2, -0.15) is 0 Å². The number of hydrogen-bond donors (Lipinski definition) is 0. The topological polar surface area (TPSA) is 36.0 Å². The maximum atomic E-state index is 13.2. The molecular formula is C24H29Cl2N3O2. The summed E-state index contributed by atoms with van der Waals surface area (Å²) in [5, 5.41) is 0.696. The van der Waals surface area contributed by atoms with E-state index >= 15 is 0 Å². The van der Waals surface area contributed by atoms with Gasteiger partial charge in [0.05, 0.1) is 6.04 Å². The number of rotatable bonds is 4.